The van der Waals surface area contributed by atoms with Crippen molar-refractivity contribution in [1.82, 2.24) is 4.90 Å². The number of fused-ring (bicyclic) bond motifs is 1. The van der Waals surface area contributed by atoms with Crippen molar-refractivity contribution in [3.8, 4) is 5.75 Å². The molecule has 1 aliphatic carbocycles. The van der Waals surface area contributed by atoms with Crippen LogP contribution in [-0.2, 0) is 4.79 Å². The smallest absolute Gasteiger partial charge is 0.253 e. The van der Waals surface area contributed by atoms with Gasteiger partial charge in [0.15, 0.2) is 6.10 Å². The van der Waals surface area contributed by atoms with Crippen molar-refractivity contribution in [2.45, 2.75) is 25.0 Å². The van der Waals surface area contributed by atoms with Gasteiger partial charge in [-0.15, -0.1) is 0 Å². The maximum Gasteiger partial charge on any atom is 0.253 e. The van der Waals surface area contributed by atoms with Gasteiger partial charge >= 0.3 is 0 Å². The van der Waals surface area contributed by atoms with Crippen LogP contribution >= 0.6 is 23.2 Å². The Morgan fingerprint density at radius 1 is 1.24 bits per heavy atom. The third-order valence-corrected chi connectivity index (χ3v) is 6.22. The fourth-order valence-electron chi connectivity index (χ4n) is 4.18. The number of aromatic hydroxyl groups is 1. The van der Waals surface area contributed by atoms with Crippen LogP contribution in [0.25, 0.3) is 0 Å². The van der Waals surface area contributed by atoms with E-state index in [1.54, 1.807) is 11.0 Å². The molecule has 0 bridgehead atoms. The Hall–Kier alpha value is -1.05. The van der Waals surface area contributed by atoms with Crippen molar-refractivity contribution in [2.75, 3.05) is 19.7 Å². The van der Waals surface area contributed by atoms with Crippen LogP contribution in [-0.4, -0.2) is 51.9 Å². The van der Waals surface area contributed by atoms with Gasteiger partial charge in [0.25, 0.3) is 5.91 Å². The first-order valence-corrected chi connectivity index (χ1v) is 9.08. The molecule has 1 heterocycles. The molecule has 2 fully saturated rings. The summed E-state index contributed by atoms with van der Waals surface area (Å²) in [7, 11) is 0. The number of aliphatic hydroxyl groups is 2. The Morgan fingerprint density at radius 2 is 1.80 bits per heavy atom. The van der Waals surface area contributed by atoms with E-state index in [0.29, 0.717) is 35.5 Å². The molecule has 5 atom stereocenters. The standard InChI is InChI=1S/C17H22Cl2N2O4/c18-12-3-11(14(23)4-13(12)19)16(20)8-1-9-5-21(6-10(9)2-8)17(25)15(24)7-22/h3-4,8-10,15-16,22-24H,1-2,5-7,20H2/t8?,9-,10+,15-,16?/m1/s1. The third-order valence-electron chi connectivity index (χ3n) is 5.49. The maximum atomic E-state index is 12.0. The highest BCUT2D eigenvalue weighted by Gasteiger charge is 2.45. The number of hydrogen-bond donors (Lipinski definition) is 4. The number of nitrogens with zero attached hydrogens (tertiary/aromatic N) is 1. The molecule has 0 radical (unpaired) electrons. The molecule has 1 aliphatic heterocycles. The Kier molecular flexibility index (Phi) is 5.46. The fraction of sp³-hybridized carbons (Fsp3) is 0.588. The lowest BCUT2D eigenvalue weighted by molar-refractivity contribution is -0.141. The first-order chi connectivity index (χ1) is 11.8. The molecule has 6 nitrogen and oxygen atoms in total. The van der Waals surface area contributed by atoms with E-state index in [1.165, 1.54) is 6.07 Å². The van der Waals surface area contributed by atoms with Crippen molar-refractivity contribution in [3.63, 3.8) is 0 Å². The van der Waals surface area contributed by atoms with Gasteiger partial charge < -0.3 is 26.0 Å². The minimum absolute atomic E-state index is 0.0434. The number of hydrogen-bond acceptors (Lipinski definition) is 5. The van der Waals surface area contributed by atoms with E-state index in [-0.39, 0.29) is 22.7 Å². The molecule has 2 aliphatic rings. The largest absolute Gasteiger partial charge is 0.508 e. The summed E-state index contributed by atoms with van der Waals surface area (Å²) in [6.45, 7) is 0.572. The van der Waals surface area contributed by atoms with Gasteiger partial charge in [-0.2, -0.15) is 0 Å². The van der Waals surface area contributed by atoms with E-state index in [1.807, 2.05) is 0 Å². The van der Waals surface area contributed by atoms with E-state index in [2.05, 4.69) is 0 Å². The predicted molar refractivity (Wildman–Crippen MR) is 94.4 cm³/mol. The van der Waals surface area contributed by atoms with Crippen LogP contribution in [0.15, 0.2) is 12.1 Å². The quantitative estimate of drug-likeness (QED) is 0.625. The van der Waals surface area contributed by atoms with Gasteiger partial charge in [-0.3, -0.25) is 4.79 Å². The maximum absolute atomic E-state index is 12.0. The zero-order valence-corrected chi connectivity index (χ0v) is 15.1. The number of halogens is 2. The molecule has 0 spiro atoms. The monoisotopic (exact) mass is 388 g/mol. The second-order valence-corrected chi connectivity index (χ2v) is 7.86. The summed E-state index contributed by atoms with van der Waals surface area (Å²) in [6, 6.07) is 2.67. The number of nitrogens with two attached hydrogens (primary N) is 1. The Labute approximate surface area is 156 Å². The first-order valence-electron chi connectivity index (χ1n) is 8.33. The summed E-state index contributed by atoms with van der Waals surface area (Å²) < 4.78 is 0. The Bertz CT molecular complexity index is 658. The average Bonchev–Trinajstić information content (AvgIpc) is 3.15. The van der Waals surface area contributed by atoms with Crippen LogP contribution in [0.5, 0.6) is 5.75 Å². The summed E-state index contributed by atoms with van der Waals surface area (Å²) in [6.07, 6.45) is 0.333. The molecule has 138 valence electrons. The lowest BCUT2D eigenvalue weighted by Gasteiger charge is -2.24. The highest BCUT2D eigenvalue weighted by molar-refractivity contribution is 6.42. The highest BCUT2D eigenvalue weighted by Crippen LogP contribution is 2.47. The summed E-state index contributed by atoms with van der Waals surface area (Å²) >= 11 is 11.9. The Balaban J connectivity index is 1.66. The van der Waals surface area contributed by atoms with Crippen LogP contribution in [0, 0.1) is 17.8 Å². The molecule has 1 amide bonds. The number of likely N-dealkylation sites (tertiary alicyclic amines) is 1. The van der Waals surface area contributed by atoms with Gasteiger partial charge in [0.1, 0.15) is 5.75 Å². The molecule has 1 aromatic carbocycles. The minimum atomic E-state index is -1.34. The Morgan fingerprint density at radius 3 is 2.36 bits per heavy atom. The number of phenolic OH excluding ortho intramolecular Hbond substituents is 1. The lowest BCUT2D eigenvalue weighted by atomic mass is 9.90. The molecule has 0 aromatic heterocycles. The van der Waals surface area contributed by atoms with E-state index in [9.17, 15) is 15.0 Å². The number of aliphatic hydroxyl groups excluding tert-OH is 2. The van der Waals surface area contributed by atoms with Crippen LogP contribution in [0.4, 0.5) is 0 Å². The van der Waals surface area contributed by atoms with Crippen LogP contribution < -0.4 is 5.73 Å². The number of rotatable bonds is 4. The van der Waals surface area contributed by atoms with E-state index in [0.717, 1.165) is 12.8 Å². The van der Waals surface area contributed by atoms with Gasteiger partial charge in [0, 0.05) is 30.8 Å². The van der Waals surface area contributed by atoms with Gasteiger partial charge in [-0.1, -0.05) is 23.2 Å². The van der Waals surface area contributed by atoms with Gasteiger partial charge in [0.2, 0.25) is 0 Å². The molecule has 3 rings (SSSR count). The third kappa shape index (κ3) is 3.59. The molecule has 5 N–H and O–H groups in total. The van der Waals surface area contributed by atoms with E-state index < -0.39 is 18.6 Å². The number of benzene rings is 1. The summed E-state index contributed by atoms with van der Waals surface area (Å²) in [5.74, 6) is 0.437. The van der Waals surface area contributed by atoms with Crippen LogP contribution in [0.1, 0.15) is 24.4 Å². The summed E-state index contributed by atoms with van der Waals surface area (Å²) in [5.41, 5.74) is 6.96. The zero-order chi connectivity index (χ0) is 18.3. The molecular formula is C17H22Cl2N2O4. The zero-order valence-electron chi connectivity index (χ0n) is 13.6. The van der Waals surface area contributed by atoms with E-state index >= 15 is 0 Å². The predicted octanol–water partition coefficient (Wildman–Crippen LogP) is 1.54. The van der Waals surface area contributed by atoms with Crippen molar-refractivity contribution >= 4 is 29.1 Å². The van der Waals surface area contributed by atoms with Crippen molar-refractivity contribution in [2.24, 2.45) is 23.5 Å². The van der Waals surface area contributed by atoms with Crippen LogP contribution in [0.3, 0.4) is 0 Å². The fourth-order valence-corrected chi connectivity index (χ4v) is 4.51. The van der Waals surface area contributed by atoms with Crippen molar-refractivity contribution < 1.29 is 20.1 Å². The van der Waals surface area contributed by atoms with Gasteiger partial charge in [-0.05, 0) is 36.7 Å². The number of carbonyl (C=O) groups is 1. The van der Waals surface area contributed by atoms with Crippen molar-refractivity contribution in [1.29, 1.82) is 0 Å². The summed E-state index contributed by atoms with van der Waals surface area (Å²) in [4.78, 5) is 13.6. The highest BCUT2D eigenvalue weighted by atomic mass is 35.5. The first kappa shape index (κ1) is 18.7. The van der Waals surface area contributed by atoms with E-state index in [4.69, 9.17) is 34.0 Å². The second-order valence-electron chi connectivity index (χ2n) is 7.04. The molecular weight excluding hydrogens is 367 g/mol. The second kappa shape index (κ2) is 7.29. The number of amides is 1. The molecule has 2 unspecified atom stereocenters. The molecule has 1 saturated heterocycles. The molecule has 25 heavy (non-hydrogen) atoms. The van der Waals surface area contributed by atoms with Gasteiger partial charge in [0.05, 0.1) is 16.7 Å². The van der Waals surface area contributed by atoms with Crippen molar-refractivity contribution in [3.05, 3.63) is 27.7 Å². The minimum Gasteiger partial charge on any atom is -0.508 e. The molecule has 8 heteroatoms. The topological polar surface area (TPSA) is 107 Å². The summed E-state index contributed by atoms with van der Waals surface area (Å²) in [5, 5.41) is 29.2. The SMILES string of the molecule is NC(c1cc(Cl)c(Cl)cc1O)C1C[C@@H]2CN(C(=O)[C@H](O)CO)C[C@@H]2C1. The lowest BCUT2D eigenvalue weighted by Crippen LogP contribution is -2.40. The molecule has 1 aromatic rings. The normalized spacial score (nSPS) is 28.0. The van der Waals surface area contributed by atoms with Gasteiger partial charge in [-0.25, -0.2) is 0 Å². The molecule has 1 saturated carbocycles. The van der Waals surface area contributed by atoms with Crippen LogP contribution in [0.2, 0.25) is 10.0 Å². The number of phenols is 1. The average molecular weight is 389 g/mol. The number of carbonyl (C=O) groups excluding carboxylic acids is 1.